The summed E-state index contributed by atoms with van der Waals surface area (Å²) in [7, 11) is 1.65. The van der Waals surface area contributed by atoms with E-state index in [1.165, 1.54) is 0 Å². The third-order valence-corrected chi connectivity index (χ3v) is 4.00. The summed E-state index contributed by atoms with van der Waals surface area (Å²) in [5.74, 6) is 0.841. The maximum atomic E-state index is 12.1. The van der Waals surface area contributed by atoms with Crippen molar-refractivity contribution in [1.82, 2.24) is 10.6 Å². The van der Waals surface area contributed by atoms with E-state index in [2.05, 4.69) is 10.6 Å². The van der Waals surface area contributed by atoms with Gasteiger partial charge in [-0.15, -0.1) is 0 Å². The van der Waals surface area contributed by atoms with E-state index < -0.39 is 0 Å². The molecule has 0 radical (unpaired) electrons. The molecule has 2 rings (SSSR count). The Balaban J connectivity index is 1.78. The highest BCUT2D eigenvalue weighted by atomic mass is 16.5. The maximum absolute atomic E-state index is 12.1. The molecule has 26 heavy (non-hydrogen) atoms. The summed E-state index contributed by atoms with van der Waals surface area (Å²) in [6.07, 6.45) is 0.894. The zero-order valence-electron chi connectivity index (χ0n) is 15.7. The molecule has 0 aromatic heterocycles. The predicted molar refractivity (Wildman–Crippen MR) is 103 cm³/mol. The van der Waals surface area contributed by atoms with Gasteiger partial charge < -0.3 is 20.1 Å². The molecule has 0 bridgehead atoms. The van der Waals surface area contributed by atoms with Crippen molar-refractivity contribution in [2.45, 2.75) is 39.5 Å². The molecule has 5 heteroatoms. The third kappa shape index (κ3) is 6.41. The van der Waals surface area contributed by atoms with Crippen LogP contribution < -0.4 is 15.4 Å². The molecule has 0 saturated carbocycles. The van der Waals surface area contributed by atoms with Gasteiger partial charge in [0.15, 0.2) is 0 Å². The lowest BCUT2D eigenvalue weighted by Gasteiger charge is -2.13. The molecule has 2 aromatic carbocycles. The van der Waals surface area contributed by atoms with Crippen LogP contribution in [0, 0.1) is 0 Å². The Bertz CT molecular complexity index is 701. The summed E-state index contributed by atoms with van der Waals surface area (Å²) in [5, 5.41) is 5.79. The van der Waals surface area contributed by atoms with Crippen LogP contribution in [-0.2, 0) is 24.3 Å². The molecular weight excluding hydrogens is 328 g/mol. The van der Waals surface area contributed by atoms with E-state index >= 15 is 0 Å². The minimum atomic E-state index is -0.181. The van der Waals surface area contributed by atoms with E-state index in [-0.39, 0.29) is 12.1 Å². The van der Waals surface area contributed by atoms with Gasteiger partial charge in [0.1, 0.15) is 5.75 Å². The molecule has 140 valence electrons. The van der Waals surface area contributed by atoms with Crippen LogP contribution in [0.5, 0.6) is 5.75 Å². The molecule has 0 spiro atoms. The fourth-order valence-electron chi connectivity index (χ4n) is 2.59. The molecule has 0 saturated heterocycles. The van der Waals surface area contributed by atoms with Crippen LogP contribution >= 0.6 is 0 Å². The first kappa shape index (κ1) is 19.8. The van der Waals surface area contributed by atoms with Gasteiger partial charge in [-0.25, -0.2) is 4.79 Å². The Morgan fingerprint density at radius 3 is 2.31 bits per heavy atom. The number of hydrogen-bond acceptors (Lipinski definition) is 3. The van der Waals surface area contributed by atoms with Crippen LogP contribution in [0.4, 0.5) is 4.79 Å². The SMILES string of the molecule is COc1ccccc1CCNC(=O)NCc1ccccc1COC(C)C. The van der Waals surface area contributed by atoms with Crippen molar-refractivity contribution in [3.8, 4) is 5.75 Å². The number of nitrogens with one attached hydrogen (secondary N) is 2. The molecule has 0 heterocycles. The Labute approximate surface area is 155 Å². The summed E-state index contributed by atoms with van der Waals surface area (Å²) in [6, 6.07) is 15.6. The average molecular weight is 356 g/mol. The highest BCUT2D eigenvalue weighted by molar-refractivity contribution is 5.73. The number of carbonyl (C=O) groups excluding carboxylic acids is 1. The smallest absolute Gasteiger partial charge is 0.315 e. The van der Waals surface area contributed by atoms with Crippen LogP contribution in [-0.4, -0.2) is 25.8 Å². The largest absolute Gasteiger partial charge is 0.496 e. The second-order valence-electron chi connectivity index (χ2n) is 6.30. The van der Waals surface area contributed by atoms with Crippen molar-refractivity contribution in [3.05, 3.63) is 65.2 Å². The van der Waals surface area contributed by atoms with Gasteiger partial charge in [-0.1, -0.05) is 42.5 Å². The van der Waals surface area contributed by atoms with Gasteiger partial charge >= 0.3 is 6.03 Å². The van der Waals surface area contributed by atoms with Crippen molar-refractivity contribution in [2.24, 2.45) is 0 Å². The molecule has 2 amide bonds. The fourth-order valence-corrected chi connectivity index (χ4v) is 2.59. The Kier molecular flexibility index (Phi) is 7.96. The van der Waals surface area contributed by atoms with Crippen LogP contribution in [0.3, 0.4) is 0 Å². The minimum absolute atomic E-state index is 0.175. The Morgan fingerprint density at radius 2 is 1.62 bits per heavy atom. The van der Waals surface area contributed by atoms with Gasteiger partial charge in [0, 0.05) is 13.1 Å². The molecule has 2 aromatic rings. The zero-order valence-corrected chi connectivity index (χ0v) is 15.7. The number of carbonyl (C=O) groups is 1. The topological polar surface area (TPSA) is 59.6 Å². The lowest BCUT2D eigenvalue weighted by Crippen LogP contribution is -2.36. The first-order valence-electron chi connectivity index (χ1n) is 8.92. The van der Waals surface area contributed by atoms with Crippen molar-refractivity contribution in [3.63, 3.8) is 0 Å². The number of ether oxygens (including phenoxy) is 2. The predicted octanol–water partition coefficient (Wildman–Crippen LogP) is 3.66. The summed E-state index contributed by atoms with van der Waals surface area (Å²) >= 11 is 0. The molecule has 2 N–H and O–H groups in total. The molecule has 0 aliphatic carbocycles. The maximum Gasteiger partial charge on any atom is 0.315 e. The normalized spacial score (nSPS) is 10.6. The van der Waals surface area contributed by atoms with Crippen molar-refractivity contribution >= 4 is 6.03 Å². The number of methoxy groups -OCH3 is 1. The highest BCUT2D eigenvalue weighted by Gasteiger charge is 2.06. The van der Waals surface area contributed by atoms with Gasteiger partial charge in [-0.3, -0.25) is 0 Å². The first-order valence-corrected chi connectivity index (χ1v) is 8.92. The second kappa shape index (κ2) is 10.5. The molecule has 0 aliphatic heterocycles. The standard InChI is InChI=1S/C21H28N2O3/c1-16(2)26-15-19-10-5-4-9-18(19)14-23-21(24)22-13-12-17-8-6-7-11-20(17)25-3/h4-11,16H,12-15H2,1-3H3,(H2,22,23,24). The van der Waals surface area contributed by atoms with Gasteiger partial charge in [0.05, 0.1) is 19.8 Å². The second-order valence-corrected chi connectivity index (χ2v) is 6.30. The van der Waals surface area contributed by atoms with E-state index in [1.54, 1.807) is 7.11 Å². The van der Waals surface area contributed by atoms with Crippen LogP contribution in [0.15, 0.2) is 48.5 Å². The molecule has 5 nitrogen and oxygen atoms in total. The summed E-state index contributed by atoms with van der Waals surface area (Å²) in [5.41, 5.74) is 3.23. The Morgan fingerprint density at radius 1 is 0.962 bits per heavy atom. The quantitative estimate of drug-likeness (QED) is 0.721. The number of amides is 2. The summed E-state index contributed by atoms with van der Waals surface area (Å²) < 4.78 is 11.0. The summed E-state index contributed by atoms with van der Waals surface area (Å²) in [4.78, 5) is 12.1. The number of urea groups is 1. The van der Waals surface area contributed by atoms with Gasteiger partial charge in [-0.05, 0) is 43.0 Å². The number of para-hydroxylation sites is 1. The highest BCUT2D eigenvalue weighted by Crippen LogP contribution is 2.17. The first-order chi connectivity index (χ1) is 12.6. The average Bonchev–Trinajstić information content (AvgIpc) is 2.65. The Hall–Kier alpha value is -2.53. The minimum Gasteiger partial charge on any atom is -0.496 e. The van der Waals surface area contributed by atoms with Gasteiger partial charge in [0.2, 0.25) is 0 Å². The van der Waals surface area contributed by atoms with E-state index in [4.69, 9.17) is 9.47 Å². The molecule has 0 atom stereocenters. The van der Waals surface area contributed by atoms with Crippen molar-refractivity contribution < 1.29 is 14.3 Å². The number of benzene rings is 2. The molecule has 0 fully saturated rings. The fraction of sp³-hybridized carbons (Fsp3) is 0.381. The summed E-state index contributed by atoms with van der Waals surface area (Å²) in [6.45, 7) is 5.58. The zero-order chi connectivity index (χ0) is 18.8. The van der Waals surface area contributed by atoms with Crippen LogP contribution in [0.1, 0.15) is 30.5 Å². The van der Waals surface area contributed by atoms with E-state index in [0.717, 1.165) is 28.9 Å². The molecule has 0 unspecified atom stereocenters. The van der Waals surface area contributed by atoms with Crippen LogP contribution in [0.2, 0.25) is 0 Å². The van der Waals surface area contributed by atoms with Crippen molar-refractivity contribution in [2.75, 3.05) is 13.7 Å². The molecular formula is C21H28N2O3. The monoisotopic (exact) mass is 356 g/mol. The van der Waals surface area contributed by atoms with E-state index in [9.17, 15) is 4.79 Å². The van der Waals surface area contributed by atoms with Crippen LogP contribution in [0.25, 0.3) is 0 Å². The van der Waals surface area contributed by atoms with E-state index in [1.807, 2.05) is 62.4 Å². The van der Waals surface area contributed by atoms with E-state index in [0.29, 0.717) is 19.7 Å². The van der Waals surface area contributed by atoms with Gasteiger partial charge in [-0.2, -0.15) is 0 Å². The number of hydrogen-bond donors (Lipinski definition) is 2. The lowest BCUT2D eigenvalue weighted by molar-refractivity contribution is 0.0652. The molecule has 0 aliphatic rings. The lowest BCUT2D eigenvalue weighted by atomic mass is 10.1. The van der Waals surface area contributed by atoms with Crippen molar-refractivity contribution in [1.29, 1.82) is 0 Å². The van der Waals surface area contributed by atoms with Gasteiger partial charge in [0.25, 0.3) is 0 Å². The number of rotatable bonds is 9. The third-order valence-electron chi connectivity index (χ3n) is 4.00.